The maximum Gasteiger partial charge on any atom is 0.274 e. The van der Waals surface area contributed by atoms with Crippen LogP contribution in [0, 0.1) is 30.1 Å². The van der Waals surface area contributed by atoms with Gasteiger partial charge < -0.3 is 35.8 Å². The Balaban J connectivity index is 1.35. The number of likely N-dealkylation sites (tertiary alicyclic amines) is 1. The molecule has 0 radical (unpaired) electrons. The lowest BCUT2D eigenvalue weighted by Gasteiger charge is -2.38. The van der Waals surface area contributed by atoms with E-state index in [1.54, 1.807) is 11.8 Å². The first-order valence-corrected chi connectivity index (χ1v) is 18.4. The zero-order chi connectivity index (χ0) is 35.5. The van der Waals surface area contributed by atoms with Gasteiger partial charge in [-0.1, -0.05) is 65.0 Å². The number of fused-ring (bicyclic) bond motifs is 1. The van der Waals surface area contributed by atoms with E-state index in [0.29, 0.717) is 25.1 Å². The molecular weight excluding hydrogens is 628 g/mol. The molecule has 13 heteroatoms. The highest BCUT2D eigenvalue weighted by atomic mass is 16.5. The van der Waals surface area contributed by atoms with E-state index in [1.807, 2.05) is 27.7 Å². The van der Waals surface area contributed by atoms with Gasteiger partial charge in [-0.25, -0.2) is 0 Å². The number of hydrogen-bond acceptors (Lipinski definition) is 8. The van der Waals surface area contributed by atoms with Crippen LogP contribution in [0.25, 0.3) is 0 Å². The van der Waals surface area contributed by atoms with Gasteiger partial charge in [0.05, 0.1) is 6.04 Å². The van der Waals surface area contributed by atoms with Crippen LogP contribution in [0.15, 0.2) is 10.6 Å². The third-order valence-corrected chi connectivity index (χ3v) is 10.9. The average molecular weight is 685 g/mol. The lowest BCUT2D eigenvalue weighted by molar-refractivity contribution is -0.146. The summed E-state index contributed by atoms with van der Waals surface area (Å²) in [5.41, 5.74) is -0.638. The molecule has 1 aromatic heterocycles. The predicted molar refractivity (Wildman–Crippen MR) is 181 cm³/mol. The van der Waals surface area contributed by atoms with Crippen LogP contribution in [-0.2, 0) is 19.2 Å². The number of aliphatic hydroxyl groups is 1. The fourth-order valence-electron chi connectivity index (χ4n) is 8.05. The van der Waals surface area contributed by atoms with E-state index in [2.05, 4.69) is 26.4 Å². The van der Waals surface area contributed by atoms with Crippen molar-refractivity contribution in [2.45, 2.75) is 148 Å². The van der Waals surface area contributed by atoms with Gasteiger partial charge in [-0.2, -0.15) is 0 Å². The van der Waals surface area contributed by atoms with Crippen LogP contribution in [0.4, 0.5) is 0 Å². The molecule has 7 atom stereocenters. The molecule has 13 nitrogen and oxygen atoms in total. The first-order valence-electron chi connectivity index (χ1n) is 18.4. The van der Waals surface area contributed by atoms with Crippen LogP contribution in [0.5, 0.6) is 0 Å². The monoisotopic (exact) mass is 684 g/mol. The van der Waals surface area contributed by atoms with Crippen LogP contribution >= 0.6 is 0 Å². The molecule has 3 aliphatic carbocycles. The zero-order valence-electron chi connectivity index (χ0n) is 29.8. The van der Waals surface area contributed by atoms with Crippen LogP contribution in [-0.4, -0.2) is 87.6 Å². The van der Waals surface area contributed by atoms with Gasteiger partial charge >= 0.3 is 0 Å². The Labute approximate surface area is 289 Å². The minimum atomic E-state index is -1.40. The summed E-state index contributed by atoms with van der Waals surface area (Å²) >= 11 is 0. The molecule has 1 aliphatic heterocycles. The number of rotatable bonds is 13. The maximum absolute atomic E-state index is 14.6. The Morgan fingerprint density at radius 1 is 0.959 bits per heavy atom. The van der Waals surface area contributed by atoms with Gasteiger partial charge in [0.1, 0.15) is 23.9 Å². The molecule has 0 spiro atoms. The summed E-state index contributed by atoms with van der Waals surface area (Å²) < 4.78 is 5.08. The second kappa shape index (κ2) is 15.6. The van der Waals surface area contributed by atoms with Crippen molar-refractivity contribution in [3.8, 4) is 0 Å². The van der Waals surface area contributed by atoms with Crippen LogP contribution < -0.4 is 21.3 Å². The SMILES string of the molecule is CCC[C@H](NC(=O)[C@@H]1[C@H]2CCC[C@H]2CN1C(=O)[C@@H](NC(=O)[C@@H](NC(=O)c1cc(C)on1)C1CCCCC1)C(C)(C)C)C(O)C(=O)NC1CC1. The molecular formula is C36H56N6O7. The molecule has 3 saturated carbocycles. The highest BCUT2D eigenvalue weighted by Gasteiger charge is 2.52. The molecule has 4 fully saturated rings. The van der Waals surface area contributed by atoms with Gasteiger partial charge in [0, 0.05) is 18.7 Å². The molecule has 272 valence electrons. The van der Waals surface area contributed by atoms with E-state index in [4.69, 9.17) is 4.52 Å². The molecule has 0 bridgehead atoms. The number of nitrogens with one attached hydrogen (secondary N) is 4. The largest absolute Gasteiger partial charge is 0.381 e. The van der Waals surface area contributed by atoms with Crippen LogP contribution in [0.3, 0.4) is 0 Å². The third-order valence-electron chi connectivity index (χ3n) is 10.9. The zero-order valence-corrected chi connectivity index (χ0v) is 29.8. The summed E-state index contributed by atoms with van der Waals surface area (Å²) in [5, 5.41) is 26.5. The summed E-state index contributed by atoms with van der Waals surface area (Å²) in [6.45, 7) is 9.63. The Kier molecular flexibility index (Phi) is 11.7. The molecule has 2 heterocycles. The smallest absolute Gasteiger partial charge is 0.274 e. The number of nitrogens with zero attached hydrogens (tertiary/aromatic N) is 2. The topological polar surface area (TPSA) is 183 Å². The van der Waals surface area contributed by atoms with Gasteiger partial charge in [0.15, 0.2) is 11.8 Å². The quantitative estimate of drug-likeness (QED) is 0.210. The van der Waals surface area contributed by atoms with E-state index in [0.717, 1.165) is 64.2 Å². The summed E-state index contributed by atoms with van der Waals surface area (Å²) in [4.78, 5) is 70.4. The van der Waals surface area contributed by atoms with Crippen molar-refractivity contribution in [3.05, 3.63) is 17.5 Å². The Bertz CT molecular complexity index is 1360. The van der Waals surface area contributed by atoms with E-state index in [-0.39, 0.29) is 41.3 Å². The van der Waals surface area contributed by atoms with Crippen molar-refractivity contribution in [1.82, 2.24) is 31.3 Å². The fraction of sp³-hybridized carbons (Fsp3) is 0.778. The summed E-state index contributed by atoms with van der Waals surface area (Å²) in [6.07, 6.45) is 8.54. The number of hydrogen-bond donors (Lipinski definition) is 5. The minimum absolute atomic E-state index is 0.0554. The number of aryl methyl sites for hydroxylation is 1. The number of aliphatic hydroxyl groups excluding tert-OH is 1. The highest BCUT2D eigenvalue weighted by molar-refractivity contribution is 5.98. The maximum atomic E-state index is 14.6. The van der Waals surface area contributed by atoms with E-state index in [9.17, 15) is 29.1 Å². The number of carbonyl (C=O) groups is 5. The normalized spacial score (nSPS) is 25.1. The molecule has 1 aromatic rings. The average Bonchev–Trinajstić information content (AvgIpc) is 3.40. The van der Waals surface area contributed by atoms with Gasteiger partial charge in [0.25, 0.3) is 11.8 Å². The van der Waals surface area contributed by atoms with Gasteiger partial charge in [-0.3, -0.25) is 24.0 Å². The lowest BCUT2D eigenvalue weighted by Crippen LogP contribution is -2.62. The first-order chi connectivity index (χ1) is 23.3. The fourth-order valence-corrected chi connectivity index (χ4v) is 8.05. The second-order valence-corrected chi connectivity index (χ2v) is 15.9. The van der Waals surface area contributed by atoms with Crippen molar-refractivity contribution < 1.29 is 33.6 Å². The summed E-state index contributed by atoms with van der Waals surface area (Å²) in [5.74, 6) is -1.72. The molecule has 5 N–H and O–H groups in total. The summed E-state index contributed by atoms with van der Waals surface area (Å²) in [6, 6.07) is -1.84. The molecule has 49 heavy (non-hydrogen) atoms. The molecule has 5 rings (SSSR count). The van der Waals surface area contributed by atoms with Gasteiger partial charge in [-0.05, 0) is 75.0 Å². The van der Waals surface area contributed by atoms with Crippen LogP contribution in [0.1, 0.15) is 121 Å². The van der Waals surface area contributed by atoms with Crippen molar-refractivity contribution in [2.24, 2.45) is 23.2 Å². The van der Waals surface area contributed by atoms with E-state index >= 15 is 0 Å². The van der Waals surface area contributed by atoms with E-state index < -0.39 is 53.4 Å². The molecule has 0 aromatic carbocycles. The molecule has 4 aliphatic rings. The third kappa shape index (κ3) is 8.82. The molecule has 1 unspecified atom stereocenters. The van der Waals surface area contributed by atoms with Crippen LogP contribution in [0.2, 0.25) is 0 Å². The Hall–Kier alpha value is -3.48. The molecule has 5 amide bonds. The Morgan fingerprint density at radius 2 is 1.67 bits per heavy atom. The Morgan fingerprint density at radius 3 is 2.29 bits per heavy atom. The number of carbonyl (C=O) groups excluding carboxylic acids is 5. The van der Waals surface area contributed by atoms with Crippen molar-refractivity contribution in [2.75, 3.05) is 6.54 Å². The standard InChI is InChI=1S/C36H56N6O7/c1-6-11-25(29(43)34(47)37-23-16-17-23)38-33(46)28-24-15-10-14-22(24)19-42(28)35(48)30(36(3,4)5)40-32(45)27(21-12-8-7-9-13-21)39-31(44)26-18-20(2)49-41-26/h18,21-25,27-30,43H,6-17,19H2,1-5H3,(H,37,47)(H,38,46)(H,39,44)(H,40,45)/t22-,24-,25-,27-,28-,29?,30+/m0/s1. The van der Waals surface area contributed by atoms with Crippen molar-refractivity contribution in [1.29, 1.82) is 0 Å². The lowest BCUT2D eigenvalue weighted by atomic mass is 9.82. The number of amides is 5. The predicted octanol–water partition coefficient (Wildman–Crippen LogP) is 2.74. The van der Waals surface area contributed by atoms with Gasteiger partial charge in [0.2, 0.25) is 17.7 Å². The van der Waals surface area contributed by atoms with Crippen molar-refractivity contribution in [3.63, 3.8) is 0 Å². The van der Waals surface area contributed by atoms with E-state index in [1.165, 1.54) is 6.07 Å². The second-order valence-electron chi connectivity index (χ2n) is 15.9. The van der Waals surface area contributed by atoms with Crippen molar-refractivity contribution >= 4 is 29.5 Å². The first kappa shape index (κ1) is 36.8. The number of aromatic nitrogens is 1. The molecule has 1 saturated heterocycles. The van der Waals surface area contributed by atoms with Gasteiger partial charge in [-0.15, -0.1) is 0 Å². The summed E-state index contributed by atoms with van der Waals surface area (Å²) in [7, 11) is 0. The minimum Gasteiger partial charge on any atom is -0.381 e. The highest BCUT2D eigenvalue weighted by Crippen LogP contribution is 2.43.